The van der Waals surface area contributed by atoms with Gasteiger partial charge < -0.3 is 0 Å². The van der Waals surface area contributed by atoms with E-state index in [2.05, 4.69) is 10.5 Å². The minimum atomic E-state index is -0.445. The van der Waals surface area contributed by atoms with Crippen molar-refractivity contribution in [3.8, 4) is 0 Å². The van der Waals surface area contributed by atoms with Crippen molar-refractivity contribution in [2.24, 2.45) is 5.10 Å². The highest BCUT2D eigenvalue weighted by molar-refractivity contribution is 5.86. The van der Waals surface area contributed by atoms with E-state index in [9.17, 15) is 14.9 Å². The van der Waals surface area contributed by atoms with Crippen LogP contribution in [0.3, 0.4) is 0 Å². The molecular weight excluding hydrogens is 330 g/mol. The van der Waals surface area contributed by atoms with Crippen molar-refractivity contribution in [3.05, 3.63) is 39.9 Å². The Bertz CT molecular complexity index is 597. The van der Waals surface area contributed by atoms with Gasteiger partial charge in [-0.15, -0.1) is 0 Å². The molecule has 142 valence electrons. The summed E-state index contributed by atoms with van der Waals surface area (Å²) in [7, 11) is 0. The zero-order valence-electron chi connectivity index (χ0n) is 15.4. The maximum atomic E-state index is 12.1. The standard InChI is InChI=1S/C20H29N3O3/c24-20(16-17-12-14-19(15-13-17)23(25)26)22-21-18-10-8-6-4-2-1-3-5-7-9-11-18/h12-15H,1-11,16H2,(H,22,24). The van der Waals surface area contributed by atoms with Gasteiger partial charge in [0.05, 0.1) is 11.3 Å². The Labute approximate surface area is 155 Å². The van der Waals surface area contributed by atoms with Crippen LogP contribution in [-0.4, -0.2) is 16.5 Å². The number of nitro benzene ring substituents is 1. The molecule has 0 heterocycles. The van der Waals surface area contributed by atoms with Crippen LogP contribution in [0.2, 0.25) is 0 Å². The Balaban J connectivity index is 1.83. The average Bonchev–Trinajstić information content (AvgIpc) is 2.62. The summed E-state index contributed by atoms with van der Waals surface area (Å²) in [6.45, 7) is 0. The molecule has 2 rings (SSSR count). The lowest BCUT2D eigenvalue weighted by Gasteiger charge is -2.10. The number of nitrogens with one attached hydrogen (secondary N) is 1. The summed E-state index contributed by atoms with van der Waals surface area (Å²) in [5.74, 6) is -0.183. The molecule has 0 aliphatic heterocycles. The van der Waals surface area contributed by atoms with Crippen molar-refractivity contribution in [1.82, 2.24) is 5.43 Å². The summed E-state index contributed by atoms with van der Waals surface area (Å²) in [4.78, 5) is 22.3. The van der Waals surface area contributed by atoms with E-state index < -0.39 is 4.92 Å². The lowest BCUT2D eigenvalue weighted by atomic mass is 10.00. The molecule has 26 heavy (non-hydrogen) atoms. The van der Waals surface area contributed by atoms with Crippen LogP contribution in [0.4, 0.5) is 5.69 Å². The van der Waals surface area contributed by atoms with Gasteiger partial charge >= 0.3 is 0 Å². The Morgan fingerprint density at radius 3 is 1.92 bits per heavy atom. The predicted octanol–water partition coefficient (Wildman–Crippen LogP) is 4.91. The van der Waals surface area contributed by atoms with Crippen molar-refractivity contribution in [2.75, 3.05) is 0 Å². The van der Waals surface area contributed by atoms with Gasteiger partial charge in [0.1, 0.15) is 0 Å². The van der Waals surface area contributed by atoms with Gasteiger partial charge in [0.25, 0.3) is 5.69 Å². The number of carbonyl (C=O) groups excluding carboxylic acids is 1. The summed E-state index contributed by atoms with van der Waals surface area (Å²) >= 11 is 0. The number of hydrogen-bond acceptors (Lipinski definition) is 4. The first-order valence-electron chi connectivity index (χ1n) is 9.73. The van der Waals surface area contributed by atoms with Crippen molar-refractivity contribution in [3.63, 3.8) is 0 Å². The summed E-state index contributed by atoms with van der Waals surface area (Å²) in [5.41, 5.74) is 4.52. The van der Waals surface area contributed by atoms with Gasteiger partial charge in [-0.3, -0.25) is 14.9 Å². The van der Waals surface area contributed by atoms with Gasteiger partial charge in [-0.05, 0) is 31.2 Å². The van der Waals surface area contributed by atoms with Gasteiger partial charge in [-0.25, -0.2) is 5.43 Å². The molecule has 0 aromatic heterocycles. The molecule has 1 fully saturated rings. The maximum absolute atomic E-state index is 12.1. The molecule has 1 aliphatic rings. The van der Waals surface area contributed by atoms with Gasteiger partial charge in [0.15, 0.2) is 0 Å². The van der Waals surface area contributed by atoms with Gasteiger partial charge in [0, 0.05) is 17.8 Å². The molecule has 1 aliphatic carbocycles. The normalized spacial score (nSPS) is 16.8. The molecule has 0 saturated heterocycles. The Kier molecular flexibility index (Phi) is 8.79. The van der Waals surface area contributed by atoms with E-state index in [1.165, 1.54) is 57.1 Å². The molecule has 0 radical (unpaired) electrons. The minimum absolute atomic E-state index is 0.0302. The summed E-state index contributed by atoms with van der Waals surface area (Å²) in [5, 5.41) is 15.0. The number of amides is 1. The van der Waals surface area contributed by atoms with Crippen LogP contribution in [0.5, 0.6) is 0 Å². The minimum Gasteiger partial charge on any atom is -0.273 e. The van der Waals surface area contributed by atoms with Crippen LogP contribution >= 0.6 is 0 Å². The number of non-ortho nitro benzene ring substituents is 1. The lowest BCUT2D eigenvalue weighted by Crippen LogP contribution is -2.21. The summed E-state index contributed by atoms with van der Waals surface area (Å²) in [6, 6.07) is 6.06. The van der Waals surface area contributed by atoms with Crippen LogP contribution in [-0.2, 0) is 11.2 Å². The number of rotatable bonds is 4. The third kappa shape index (κ3) is 7.76. The third-order valence-electron chi connectivity index (χ3n) is 4.78. The molecular formula is C20H29N3O3. The van der Waals surface area contributed by atoms with E-state index in [-0.39, 0.29) is 18.0 Å². The number of nitro groups is 1. The molecule has 1 N–H and O–H groups in total. The van der Waals surface area contributed by atoms with E-state index in [1.807, 2.05) is 0 Å². The highest BCUT2D eigenvalue weighted by atomic mass is 16.6. The van der Waals surface area contributed by atoms with Crippen LogP contribution < -0.4 is 5.43 Å². The zero-order valence-corrected chi connectivity index (χ0v) is 15.4. The van der Waals surface area contributed by atoms with Crippen LogP contribution in [0.15, 0.2) is 29.4 Å². The van der Waals surface area contributed by atoms with E-state index in [1.54, 1.807) is 12.1 Å². The molecule has 0 unspecified atom stereocenters. The molecule has 6 heteroatoms. The average molecular weight is 359 g/mol. The first kappa shape index (κ1) is 20.1. The fourth-order valence-electron chi connectivity index (χ4n) is 3.23. The highest BCUT2D eigenvalue weighted by Gasteiger charge is 2.08. The van der Waals surface area contributed by atoms with E-state index in [4.69, 9.17) is 0 Å². The van der Waals surface area contributed by atoms with Gasteiger partial charge in [-0.1, -0.05) is 57.1 Å². The largest absolute Gasteiger partial charge is 0.273 e. The predicted molar refractivity (Wildman–Crippen MR) is 103 cm³/mol. The van der Waals surface area contributed by atoms with E-state index in [0.717, 1.165) is 37.0 Å². The number of hydrogen-bond donors (Lipinski definition) is 1. The van der Waals surface area contributed by atoms with E-state index in [0.29, 0.717) is 0 Å². The van der Waals surface area contributed by atoms with Crippen molar-refractivity contribution >= 4 is 17.3 Å². The topological polar surface area (TPSA) is 84.6 Å². The van der Waals surface area contributed by atoms with Gasteiger partial charge in [-0.2, -0.15) is 5.10 Å². The SMILES string of the molecule is O=C(Cc1ccc([N+](=O)[O-])cc1)NN=C1CCCCCCCCCCC1. The van der Waals surface area contributed by atoms with Crippen LogP contribution in [0.1, 0.15) is 76.2 Å². The van der Waals surface area contributed by atoms with Crippen molar-refractivity contribution < 1.29 is 9.72 Å². The molecule has 1 amide bonds. The monoisotopic (exact) mass is 359 g/mol. The first-order valence-corrected chi connectivity index (χ1v) is 9.73. The fourth-order valence-corrected chi connectivity index (χ4v) is 3.23. The molecule has 0 atom stereocenters. The molecule has 0 spiro atoms. The fraction of sp³-hybridized carbons (Fsp3) is 0.600. The third-order valence-corrected chi connectivity index (χ3v) is 4.78. The summed E-state index contributed by atoms with van der Waals surface area (Å²) in [6.07, 6.45) is 13.4. The Morgan fingerprint density at radius 2 is 1.42 bits per heavy atom. The second kappa shape index (κ2) is 11.4. The van der Waals surface area contributed by atoms with Crippen LogP contribution in [0.25, 0.3) is 0 Å². The Hall–Kier alpha value is -2.24. The number of nitrogens with zero attached hydrogens (tertiary/aromatic N) is 2. The van der Waals surface area contributed by atoms with Crippen molar-refractivity contribution in [1.29, 1.82) is 0 Å². The Morgan fingerprint density at radius 1 is 0.923 bits per heavy atom. The highest BCUT2D eigenvalue weighted by Crippen LogP contribution is 2.15. The smallest absolute Gasteiger partial charge is 0.269 e. The lowest BCUT2D eigenvalue weighted by molar-refractivity contribution is -0.384. The quantitative estimate of drug-likeness (QED) is 0.612. The second-order valence-corrected chi connectivity index (χ2v) is 7.00. The molecule has 6 nitrogen and oxygen atoms in total. The molecule has 1 aromatic carbocycles. The first-order chi connectivity index (χ1) is 12.6. The molecule has 1 saturated carbocycles. The molecule has 1 aromatic rings. The summed E-state index contributed by atoms with van der Waals surface area (Å²) < 4.78 is 0. The van der Waals surface area contributed by atoms with Crippen LogP contribution in [0, 0.1) is 10.1 Å². The number of benzene rings is 1. The number of hydrazone groups is 1. The van der Waals surface area contributed by atoms with E-state index >= 15 is 0 Å². The van der Waals surface area contributed by atoms with Gasteiger partial charge in [0.2, 0.25) is 5.91 Å². The zero-order chi connectivity index (χ0) is 18.6. The second-order valence-electron chi connectivity index (χ2n) is 7.00. The molecule has 0 bridgehead atoms. The number of carbonyl (C=O) groups is 1. The maximum Gasteiger partial charge on any atom is 0.269 e. The van der Waals surface area contributed by atoms with Crippen molar-refractivity contribution in [2.45, 2.75) is 77.0 Å².